The van der Waals surface area contributed by atoms with E-state index in [1.807, 2.05) is 13.8 Å². The van der Waals surface area contributed by atoms with Crippen LogP contribution in [0.15, 0.2) is 24.3 Å². The molecule has 1 unspecified atom stereocenters. The second-order valence-corrected chi connectivity index (χ2v) is 5.57. The van der Waals surface area contributed by atoms with Gasteiger partial charge >= 0.3 is 0 Å². The lowest BCUT2D eigenvalue weighted by molar-refractivity contribution is 0.177. The third-order valence-electron chi connectivity index (χ3n) is 3.26. The SMILES string of the molecule is CC(C)c1nn(C)c(Cl)c1C(O)Cc1ccc(F)cc1. The van der Waals surface area contributed by atoms with E-state index in [1.54, 1.807) is 23.9 Å². The maximum absolute atomic E-state index is 12.9. The van der Waals surface area contributed by atoms with E-state index in [9.17, 15) is 9.50 Å². The van der Waals surface area contributed by atoms with Crippen LogP contribution in [-0.4, -0.2) is 14.9 Å². The number of aliphatic hydroxyl groups excluding tert-OH is 1. The second-order valence-electron chi connectivity index (χ2n) is 5.21. The highest BCUT2D eigenvalue weighted by molar-refractivity contribution is 6.30. The van der Waals surface area contributed by atoms with Crippen LogP contribution in [0.5, 0.6) is 0 Å². The van der Waals surface area contributed by atoms with Crippen LogP contribution in [0.25, 0.3) is 0 Å². The van der Waals surface area contributed by atoms with E-state index in [-0.39, 0.29) is 11.7 Å². The van der Waals surface area contributed by atoms with Crippen LogP contribution in [-0.2, 0) is 13.5 Å². The molecule has 0 saturated carbocycles. The summed E-state index contributed by atoms with van der Waals surface area (Å²) >= 11 is 6.22. The number of benzene rings is 1. The number of halogens is 2. The van der Waals surface area contributed by atoms with Gasteiger partial charge in [-0.3, -0.25) is 4.68 Å². The van der Waals surface area contributed by atoms with E-state index in [0.717, 1.165) is 11.3 Å². The lowest BCUT2D eigenvalue weighted by Crippen LogP contribution is -2.05. The van der Waals surface area contributed by atoms with Gasteiger partial charge in [-0.15, -0.1) is 0 Å². The molecule has 0 spiro atoms. The van der Waals surface area contributed by atoms with E-state index >= 15 is 0 Å². The zero-order valence-corrected chi connectivity index (χ0v) is 12.5. The van der Waals surface area contributed by atoms with E-state index in [0.29, 0.717) is 17.1 Å². The van der Waals surface area contributed by atoms with E-state index in [4.69, 9.17) is 11.6 Å². The maximum Gasteiger partial charge on any atom is 0.132 e. The highest BCUT2D eigenvalue weighted by Crippen LogP contribution is 2.32. The fraction of sp³-hybridized carbons (Fsp3) is 0.400. The minimum absolute atomic E-state index is 0.173. The van der Waals surface area contributed by atoms with Gasteiger partial charge in [0.2, 0.25) is 0 Å². The van der Waals surface area contributed by atoms with Gasteiger partial charge in [-0.2, -0.15) is 5.10 Å². The van der Waals surface area contributed by atoms with Crippen LogP contribution < -0.4 is 0 Å². The van der Waals surface area contributed by atoms with Crippen molar-refractivity contribution in [2.45, 2.75) is 32.3 Å². The predicted octanol–water partition coefficient (Wildman–Crippen LogP) is 3.61. The standard InChI is InChI=1S/C15H18ClFN2O/c1-9(2)14-13(15(16)19(3)18-14)12(20)8-10-4-6-11(17)7-5-10/h4-7,9,12,20H,8H2,1-3H3. The molecule has 1 aromatic heterocycles. The molecule has 0 fully saturated rings. The van der Waals surface area contributed by atoms with Crippen LogP contribution in [0.4, 0.5) is 4.39 Å². The van der Waals surface area contributed by atoms with Crippen LogP contribution in [0.3, 0.4) is 0 Å². The molecule has 1 heterocycles. The molecule has 5 heteroatoms. The number of aromatic nitrogens is 2. The summed E-state index contributed by atoms with van der Waals surface area (Å²) in [6, 6.07) is 6.10. The lowest BCUT2D eigenvalue weighted by atomic mass is 9.97. The summed E-state index contributed by atoms with van der Waals surface area (Å²) in [6.07, 6.45) is -0.370. The Bertz CT molecular complexity index is 593. The molecule has 2 aromatic rings. The molecule has 0 aliphatic heterocycles. The Hall–Kier alpha value is -1.39. The number of hydrogen-bond donors (Lipinski definition) is 1. The largest absolute Gasteiger partial charge is 0.388 e. The summed E-state index contributed by atoms with van der Waals surface area (Å²) in [5.74, 6) is -0.114. The first-order valence-electron chi connectivity index (χ1n) is 6.55. The van der Waals surface area contributed by atoms with Crippen molar-refractivity contribution in [3.63, 3.8) is 0 Å². The Balaban J connectivity index is 2.29. The van der Waals surface area contributed by atoms with Gasteiger partial charge in [0.25, 0.3) is 0 Å². The molecule has 1 aromatic carbocycles. The predicted molar refractivity (Wildman–Crippen MR) is 77.4 cm³/mol. The van der Waals surface area contributed by atoms with Gasteiger partial charge in [-0.05, 0) is 23.6 Å². The monoisotopic (exact) mass is 296 g/mol. The van der Waals surface area contributed by atoms with Crippen molar-refractivity contribution < 1.29 is 9.50 Å². The molecule has 0 radical (unpaired) electrons. The molecule has 0 amide bonds. The van der Waals surface area contributed by atoms with Crippen LogP contribution >= 0.6 is 11.6 Å². The van der Waals surface area contributed by atoms with Gasteiger partial charge in [0.15, 0.2) is 0 Å². The fourth-order valence-electron chi connectivity index (χ4n) is 2.22. The minimum Gasteiger partial charge on any atom is -0.388 e. The summed E-state index contributed by atoms with van der Waals surface area (Å²) in [5, 5.41) is 15.2. The van der Waals surface area contributed by atoms with Crippen molar-refractivity contribution in [2.24, 2.45) is 7.05 Å². The topological polar surface area (TPSA) is 38.0 Å². The van der Waals surface area contributed by atoms with E-state index < -0.39 is 6.10 Å². The summed E-state index contributed by atoms with van der Waals surface area (Å²) < 4.78 is 14.5. The molecule has 0 saturated heterocycles. The summed E-state index contributed by atoms with van der Waals surface area (Å²) in [5.41, 5.74) is 2.31. The van der Waals surface area contributed by atoms with Crippen LogP contribution in [0.1, 0.15) is 42.7 Å². The van der Waals surface area contributed by atoms with Gasteiger partial charge in [0, 0.05) is 19.0 Å². The van der Waals surface area contributed by atoms with Crippen molar-refractivity contribution in [1.29, 1.82) is 0 Å². The van der Waals surface area contributed by atoms with Crippen molar-refractivity contribution >= 4 is 11.6 Å². The number of hydrogen-bond acceptors (Lipinski definition) is 2. The zero-order valence-electron chi connectivity index (χ0n) is 11.8. The molecule has 3 nitrogen and oxygen atoms in total. The molecule has 0 aliphatic rings. The number of nitrogens with zero attached hydrogens (tertiary/aromatic N) is 2. The van der Waals surface area contributed by atoms with Gasteiger partial charge < -0.3 is 5.11 Å². The van der Waals surface area contributed by atoms with Crippen LogP contribution in [0, 0.1) is 5.82 Å². The second kappa shape index (κ2) is 5.94. The third kappa shape index (κ3) is 3.02. The molecule has 20 heavy (non-hydrogen) atoms. The van der Waals surface area contributed by atoms with Crippen molar-refractivity contribution in [2.75, 3.05) is 0 Å². The van der Waals surface area contributed by atoms with Gasteiger partial charge in [-0.25, -0.2) is 4.39 Å². The third-order valence-corrected chi connectivity index (χ3v) is 3.71. The molecule has 2 rings (SSSR count). The van der Waals surface area contributed by atoms with Crippen LogP contribution in [0.2, 0.25) is 5.15 Å². The van der Waals surface area contributed by atoms with E-state index in [1.165, 1.54) is 12.1 Å². The highest BCUT2D eigenvalue weighted by atomic mass is 35.5. The van der Waals surface area contributed by atoms with Crippen molar-refractivity contribution in [1.82, 2.24) is 9.78 Å². The molecular formula is C15H18ClFN2O. The first-order valence-corrected chi connectivity index (χ1v) is 6.92. The van der Waals surface area contributed by atoms with Crippen molar-refractivity contribution in [3.8, 4) is 0 Å². The molecule has 108 valence electrons. The quantitative estimate of drug-likeness (QED) is 0.936. The molecule has 0 bridgehead atoms. The first kappa shape index (κ1) is 15.0. The Kier molecular flexibility index (Phi) is 4.45. The maximum atomic E-state index is 12.9. The molecule has 1 atom stereocenters. The summed E-state index contributed by atoms with van der Waals surface area (Å²) in [4.78, 5) is 0. The van der Waals surface area contributed by atoms with Crippen molar-refractivity contribution in [3.05, 3.63) is 52.1 Å². The molecule has 0 aliphatic carbocycles. The average Bonchev–Trinajstić information content (AvgIpc) is 2.69. The Morgan fingerprint density at radius 1 is 1.30 bits per heavy atom. The molecular weight excluding hydrogens is 279 g/mol. The van der Waals surface area contributed by atoms with Gasteiger partial charge in [-0.1, -0.05) is 37.6 Å². The molecule has 1 N–H and O–H groups in total. The summed E-state index contributed by atoms with van der Waals surface area (Å²) in [6.45, 7) is 4.01. The number of aryl methyl sites for hydroxylation is 1. The zero-order chi connectivity index (χ0) is 14.9. The summed E-state index contributed by atoms with van der Waals surface area (Å²) in [7, 11) is 1.75. The van der Waals surface area contributed by atoms with Gasteiger partial charge in [0.1, 0.15) is 11.0 Å². The average molecular weight is 297 g/mol. The fourth-order valence-corrected chi connectivity index (χ4v) is 2.48. The Morgan fingerprint density at radius 3 is 2.45 bits per heavy atom. The van der Waals surface area contributed by atoms with Gasteiger partial charge in [0.05, 0.1) is 11.8 Å². The highest BCUT2D eigenvalue weighted by Gasteiger charge is 2.23. The van der Waals surface area contributed by atoms with E-state index in [2.05, 4.69) is 5.10 Å². The Morgan fingerprint density at radius 2 is 1.90 bits per heavy atom. The lowest BCUT2D eigenvalue weighted by Gasteiger charge is -2.13. The Labute approximate surface area is 123 Å². The minimum atomic E-state index is -0.751. The normalized spacial score (nSPS) is 12.9. The number of rotatable bonds is 4. The first-order chi connectivity index (χ1) is 9.40. The smallest absolute Gasteiger partial charge is 0.132 e. The number of aliphatic hydroxyl groups is 1.